The Morgan fingerprint density at radius 3 is 2.41 bits per heavy atom. The van der Waals surface area contributed by atoms with Crippen molar-refractivity contribution in [1.29, 1.82) is 0 Å². The first-order valence-corrected chi connectivity index (χ1v) is 14.1. The highest BCUT2D eigenvalue weighted by Gasteiger charge is 2.21. The number of H-pyrrole nitrogens is 1. The minimum absolute atomic E-state index is 0.0879. The van der Waals surface area contributed by atoms with Crippen LogP contribution in [-0.4, -0.2) is 65.2 Å². The van der Waals surface area contributed by atoms with Gasteiger partial charge in [0, 0.05) is 50.7 Å². The van der Waals surface area contributed by atoms with E-state index in [0.717, 1.165) is 71.9 Å². The molecule has 0 saturated carbocycles. The second kappa shape index (κ2) is 9.57. The van der Waals surface area contributed by atoms with Crippen molar-refractivity contribution in [2.75, 3.05) is 36.8 Å². The summed E-state index contributed by atoms with van der Waals surface area (Å²) in [6.45, 7) is 6.29. The largest absolute Gasteiger partial charge is 0.367 e. The van der Waals surface area contributed by atoms with Gasteiger partial charge in [-0.3, -0.25) is 14.9 Å². The number of fused-ring (bicyclic) bond motifs is 2. The van der Waals surface area contributed by atoms with Crippen LogP contribution < -0.4 is 4.90 Å². The molecular formula is C28H28N6O2S. The van der Waals surface area contributed by atoms with Gasteiger partial charge in [0.2, 0.25) is 0 Å². The molecule has 1 N–H and O–H groups in total. The molecule has 2 aromatic heterocycles. The third kappa shape index (κ3) is 4.68. The number of benzene rings is 3. The van der Waals surface area contributed by atoms with Crippen LogP contribution in [0, 0.1) is 0 Å². The van der Waals surface area contributed by atoms with Crippen molar-refractivity contribution in [3.05, 3.63) is 78.6 Å². The minimum atomic E-state index is -3.22. The zero-order valence-electron chi connectivity index (χ0n) is 20.6. The van der Waals surface area contributed by atoms with E-state index in [-0.39, 0.29) is 5.75 Å². The summed E-state index contributed by atoms with van der Waals surface area (Å²) in [5.41, 5.74) is 6.98. The Bertz CT molecular complexity index is 1670. The van der Waals surface area contributed by atoms with Crippen LogP contribution in [0.1, 0.15) is 12.5 Å². The molecule has 3 aromatic carbocycles. The van der Waals surface area contributed by atoms with E-state index in [4.69, 9.17) is 4.98 Å². The van der Waals surface area contributed by atoms with E-state index in [1.165, 1.54) is 5.56 Å². The van der Waals surface area contributed by atoms with Gasteiger partial charge in [-0.15, -0.1) is 0 Å². The summed E-state index contributed by atoms with van der Waals surface area (Å²) in [5, 5.41) is 0. The standard InChI is InChI=1S/C28H28N6O2S/c1-2-37(35,36)22-9-7-21(8-10-22)28-31-24-4-3-5-26(27(24)32-28)34-16-14-33(15-17-34)19-20-6-11-23-25(18-20)30-13-12-29-23/h3-13,18H,2,14-17,19H2,1H3,(H,31,32). The fraction of sp³-hybridized carbons (Fsp3) is 0.250. The first-order valence-electron chi connectivity index (χ1n) is 12.5. The molecule has 1 aliphatic heterocycles. The molecule has 1 fully saturated rings. The molecular weight excluding hydrogens is 484 g/mol. The maximum Gasteiger partial charge on any atom is 0.178 e. The molecule has 0 amide bonds. The second-order valence-electron chi connectivity index (χ2n) is 9.33. The molecule has 6 rings (SSSR count). The first kappa shape index (κ1) is 23.6. The molecule has 9 heteroatoms. The van der Waals surface area contributed by atoms with Crippen molar-refractivity contribution in [1.82, 2.24) is 24.8 Å². The number of nitrogens with zero attached hydrogens (tertiary/aromatic N) is 5. The van der Waals surface area contributed by atoms with Crippen molar-refractivity contribution in [3.8, 4) is 11.4 Å². The number of hydrogen-bond donors (Lipinski definition) is 1. The number of hydrogen-bond acceptors (Lipinski definition) is 7. The fourth-order valence-electron chi connectivity index (χ4n) is 4.91. The fourth-order valence-corrected chi connectivity index (χ4v) is 5.79. The lowest BCUT2D eigenvalue weighted by atomic mass is 10.1. The third-order valence-electron chi connectivity index (χ3n) is 7.01. The van der Waals surface area contributed by atoms with Gasteiger partial charge in [-0.1, -0.05) is 19.1 Å². The molecule has 0 bridgehead atoms. The van der Waals surface area contributed by atoms with Gasteiger partial charge in [0.25, 0.3) is 0 Å². The lowest BCUT2D eigenvalue weighted by Gasteiger charge is -2.36. The monoisotopic (exact) mass is 512 g/mol. The van der Waals surface area contributed by atoms with Crippen LogP contribution in [0.2, 0.25) is 0 Å². The predicted molar refractivity (Wildman–Crippen MR) is 146 cm³/mol. The Labute approximate surface area is 215 Å². The Morgan fingerprint density at radius 2 is 1.65 bits per heavy atom. The highest BCUT2D eigenvalue weighted by Crippen LogP contribution is 2.30. The van der Waals surface area contributed by atoms with Crippen molar-refractivity contribution in [2.24, 2.45) is 0 Å². The van der Waals surface area contributed by atoms with Crippen LogP contribution in [0.15, 0.2) is 78.0 Å². The maximum atomic E-state index is 12.1. The zero-order chi connectivity index (χ0) is 25.4. The summed E-state index contributed by atoms with van der Waals surface area (Å²) in [5.74, 6) is 0.825. The van der Waals surface area contributed by atoms with Gasteiger partial charge in [0.1, 0.15) is 11.3 Å². The van der Waals surface area contributed by atoms with Gasteiger partial charge >= 0.3 is 0 Å². The van der Waals surface area contributed by atoms with Crippen LogP contribution in [0.4, 0.5) is 5.69 Å². The molecule has 0 unspecified atom stereocenters. The van der Waals surface area contributed by atoms with E-state index in [1.54, 1.807) is 31.5 Å². The predicted octanol–water partition coefficient (Wildman–Crippen LogP) is 4.29. The number of rotatable bonds is 6. The highest BCUT2D eigenvalue weighted by atomic mass is 32.2. The van der Waals surface area contributed by atoms with Gasteiger partial charge in [-0.2, -0.15) is 0 Å². The van der Waals surface area contributed by atoms with Crippen LogP contribution >= 0.6 is 0 Å². The van der Waals surface area contributed by atoms with E-state index in [9.17, 15) is 8.42 Å². The van der Waals surface area contributed by atoms with E-state index in [1.807, 2.05) is 24.3 Å². The normalized spacial score (nSPS) is 15.0. The summed E-state index contributed by atoms with van der Waals surface area (Å²) in [4.78, 5) is 22.3. The summed E-state index contributed by atoms with van der Waals surface area (Å²) in [6, 6.07) is 19.5. The number of anilines is 1. The van der Waals surface area contributed by atoms with Crippen LogP contribution in [0.5, 0.6) is 0 Å². The molecule has 8 nitrogen and oxygen atoms in total. The lowest BCUT2D eigenvalue weighted by Crippen LogP contribution is -2.46. The quantitative estimate of drug-likeness (QED) is 0.363. The summed E-state index contributed by atoms with van der Waals surface area (Å²) in [7, 11) is -3.22. The topological polar surface area (TPSA) is 95.1 Å². The van der Waals surface area contributed by atoms with E-state index in [0.29, 0.717) is 4.90 Å². The van der Waals surface area contributed by atoms with Crippen molar-refractivity contribution >= 4 is 37.6 Å². The van der Waals surface area contributed by atoms with Gasteiger partial charge < -0.3 is 9.88 Å². The molecule has 3 heterocycles. The molecule has 0 atom stereocenters. The van der Waals surface area contributed by atoms with Gasteiger partial charge in [0.15, 0.2) is 9.84 Å². The number of imidazole rings is 1. The number of sulfone groups is 1. The summed E-state index contributed by atoms with van der Waals surface area (Å²) in [6.07, 6.45) is 3.46. The van der Waals surface area contributed by atoms with Gasteiger partial charge in [0.05, 0.1) is 32.9 Å². The number of aromatic amines is 1. The average molecular weight is 513 g/mol. The number of piperazine rings is 1. The van der Waals surface area contributed by atoms with Gasteiger partial charge in [-0.25, -0.2) is 13.4 Å². The molecule has 1 saturated heterocycles. The van der Waals surface area contributed by atoms with Crippen molar-refractivity contribution in [2.45, 2.75) is 18.4 Å². The Kier molecular flexibility index (Phi) is 6.10. The molecule has 5 aromatic rings. The summed E-state index contributed by atoms with van der Waals surface area (Å²) >= 11 is 0. The molecule has 0 aliphatic carbocycles. The highest BCUT2D eigenvalue weighted by molar-refractivity contribution is 7.91. The smallest absolute Gasteiger partial charge is 0.178 e. The second-order valence-corrected chi connectivity index (χ2v) is 11.6. The number of aromatic nitrogens is 4. The van der Waals surface area contributed by atoms with E-state index in [2.05, 4.69) is 49.0 Å². The SMILES string of the molecule is CCS(=O)(=O)c1ccc(-c2nc3c(N4CCN(Cc5ccc6nccnc6c5)CC4)cccc3[nH]2)cc1. The molecule has 188 valence electrons. The molecule has 1 aliphatic rings. The first-order chi connectivity index (χ1) is 18.0. The summed E-state index contributed by atoms with van der Waals surface area (Å²) < 4.78 is 24.3. The molecule has 0 spiro atoms. The maximum absolute atomic E-state index is 12.1. The van der Waals surface area contributed by atoms with Crippen molar-refractivity contribution < 1.29 is 8.42 Å². The zero-order valence-corrected chi connectivity index (χ0v) is 21.4. The van der Waals surface area contributed by atoms with Crippen LogP contribution in [0.25, 0.3) is 33.5 Å². The van der Waals surface area contributed by atoms with Crippen molar-refractivity contribution in [3.63, 3.8) is 0 Å². The Balaban J connectivity index is 1.18. The third-order valence-corrected chi connectivity index (χ3v) is 8.76. The van der Waals surface area contributed by atoms with Gasteiger partial charge in [-0.05, 0) is 54.1 Å². The lowest BCUT2D eigenvalue weighted by molar-refractivity contribution is 0.250. The van der Waals surface area contributed by atoms with Crippen LogP contribution in [-0.2, 0) is 16.4 Å². The molecule has 0 radical (unpaired) electrons. The number of nitrogens with one attached hydrogen (secondary N) is 1. The van der Waals surface area contributed by atoms with E-state index < -0.39 is 9.84 Å². The Morgan fingerprint density at radius 1 is 0.892 bits per heavy atom. The van der Waals surface area contributed by atoms with Crippen LogP contribution in [0.3, 0.4) is 0 Å². The minimum Gasteiger partial charge on any atom is -0.367 e. The average Bonchev–Trinajstić information content (AvgIpc) is 3.38. The molecule has 37 heavy (non-hydrogen) atoms. The number of para-hydroxylation sites is 1. The van der Waals surface area contributed by atoms with E-state index >= 15 is 0 Å². The Hall–Kier alpha value is -3.82.